The Labute approximate surface area is 114 Å². The largest absolute Gasteiger partial charge is 0.451 e. The second-order valence-electron chi connectivity index (χ2n) is 3.90. The average Bonchev–Trinajstić information content (AvgIpc) is 2.41. The molecule has 0 aliphatic carbocycles. The van der Waals surface area contributed by atoms with Crippen molar-refractivity contribution in [3.63, 3.8) is 0 Å². The lowest BCUT2D eigenvalue weighted by molar-refractivity contribution is 0.167. The van der Waals surface area contributed by atoms with Crippen molar-refractivity contribution in [1.29, 1.82) is 0 Å². The summed E-state index contributed by atoms with van der Waals surface area (Å²) < 4.78 is 5.16. The zero-order chi connectivity index (χ0) is 14.0. The Balaban J connectivity index is 2.54. The maximum atomic E-state index is 11.5. The van der Waals surface area contributed by atoms with Gasteiger partial charge < -0.3 is 4.74 Å². The minimum Gasteiger partial charge on any atom is -0.451 e. The van der Waals surface area contributed by atoms with Gasteiger partial charge in [0, 0.05) is 16.7 Å². The highest BCUT2D eigenvalue weighted by atomic mass is 35.5. The first-order chi connectivity index (χ1) is 9.02. The molecule has 2 rings (SSSR count). The third-order valence-corrected chi connectivity index (χ3v) is 3.02. The van der Waals surface area contributed by atoms with E-state index in [1.165, 1.54) is 19.2 Å². The van der Waals surface area contributed by atoms with Gasteiger partial charge in [-0.15, -0.1) is 4.68 Å². The molecular formula is C13H11ClN2O3. The van der Waals surface area contributed by atoms with Crippen molar-refractivity contribution in [3.8, 4) is 11.3 Å². The fraction of sp³-hybridized carbons (Fsp3) is 0.154. The van der Waals surface area contributed by atoms with Crippen LogP contribution in [0.25, 0.3) is 11.3 Å². The lowest BCUT2D eigenvalue weighted by atomic mass is 10.1. The number of carbonyl (C=O) groups is 1. The Hall–Kier alpha value is -2.14. The zero-order valence-corrected chi connectivity index (χ0v) is 11.1. The highest BCUT2D eigenvalue weighted by Crippen LogP contribution is 2.23. The van der Waals surface area contributed by atoms with Gasteiger partial charge in [0.1, 0.15) is 0 Å². The third kappa shape index (κ3) is 2.66. The van der Waals surface area contributed by atoms with Gasteiger partial charge in [-0.25, -0.2) is 4.79 Å². The molecule has 0 unspecified atom stereocenters. The van der Waals surface area contributed by atoms with E-state index < -0.39 is 11.7 Å². The molecule has 1 aromatic heterocycles. The normalized spacial score (nSPS) is 10.3. The van der Waals surface area contributed by atoms with Crippen molar-refractivity contribution in [3.05, 3.63) is 51.3 Å². The summed E-state index contributed by atoms with van der Waals surface area (Å²) in [4.78, 5) is 22.9. The third-order valence-electron chi connectivity index (χ3n) is 2.62. The number of rotatable bonds is 1. The monoisotopic (exact) mass is 278 g/mol. The van der Waals surface area contributed by atoms with Crippen LogP contribution in [0.5, 0.6) is 0 Å². The van der Waals surface area contributed by atoms with Gasteiger partial charge in [-0.05, 0) is 24.6 Å². The Bertz CT molecular complexity index is 695. The smallest absolute Gasteiger partial charge is 0.437 e. The van der Waals surface area contributed by atoms with Crippen LogP contribution in [0, 0.1) is 6.92 Å². The Morgan fingerprint density at radius 1 is 1.32 bits per heavy atom. The molecule has 0 saturated carbocycles. The fourth-order valence-corrected chi connectivity index (χ4v) is 1.72. The predicted molar refractivity (Wildman–Crippen MR) is 71.5 cm³/mol. The molecule has 0 spiro atoms. The molecule has 0 bridgehead atoms. The lowest BCUT2D eigenvalue weighted by Gasteiger charge is -2.06. The van der Waals surface area contributed by atoms with Gasteiger partial charge in [0.2, 0.25) is 0 Å². The summed E-state index contributed by atoms with van der Waals surface area (Å²) in [5, 5.41) is 4.55. The summed E-state index contributed by atoms with van der Waals surface area (Å²) in [6.45, 7) is 1.88. The van der Waals surface area contributed by atoms with Crippen LogP contribution in [-0.4, -0.2) is 23.0 Å². The molecule has 0 aliphatic rings. The maximum Gasteiger partial charge on any atom is 0.437 e. The molecule has 1 aromatic carbocycles. The predicted octanol–water partition coefficient (Wildman–Crippen LogP) is 2.49. The number of benzene rings is 1. The molecule has 0 radical (unpaired) electrons. The number of ether oxygens (including phenoxy) is 1. The van der Waals surface area contributed by atoms with Gasteiger partial charge in [-0.3, -0.25) is 4.79 Å². The van der Waals surface area contributed by atoms with Gasteiger partial charge in [-0.2, -0.15) is 5.10 Å². The Morgan fingerprint density at radius 2 is 2.05 bits per heavy atom. The van der Waals surface area contributed by atoms with E-state index in [-0.39, 0.29) is 0 Å². The van der Waals surface area contributed by atoms with Crippen LogP contribution in [0.1, 0.15) is 5.56 Å². The second-order valence-corrected chi connectivity index (χ2v) is 4.31. The SMILES string of the molecule is COC(=O)n1nc(-c2ccc(C)c(Cl)c2)ccc1=O. The average molecular weight is 279 g/mol. The summed E-state index contributed by atoms with van der Waals surface area (Å²) in [7, 11) is 1.19. The number of aromatic nitrogens is 2. The summed E-state index contributed by atoms with van der Waals surface area (Å²) in [5.41, 5.74) is 1.57. The summed E-state index contributed by atoms with van der Waals surface area (Å²) in [5.74, 6) is 0. The molecule has 0 fully saturated rings. The standard InChI is InChI=1S/C13H11ClN2O3/c1-8-3-4-9(7-10(8)14)11-5-6-12(17)16(15-11)13(18)19-2/h3-7H,1-2H3. The zero-order valence-electron chi connectivity index (χ0n) is 10.4. The van der Waals surface area contributed by atoms with Crippen LogP contribution >= 0.6 is 11.6 Å². The van der Waals surface area contributed by atoms with E-state index in [1.54, 1.807) is 6.07 Å². The Kier molecular flexibility index (Phi) is 3.66. The van der Waals surface area contributed by atoms with Gasteiger partial charge in [0.05, 0.1) is 12.8 Å². The number of carbonyl (C=O) groups excluding carboxylic acids is 1. The molecule has 2 aromatic rings. The number of methoxy groups -OCH3 is 1. The molecule has 0 N–H and O–H groups in total. The van der Waals surface area contributed by atoms with E-state index in [2.05, 4.69) is 9.84 Å². The number of aryl methyl sites for hydroxylation is 1. The Morgan fingerprint density at radius 3 is 2.68 bits per heavy atom. The molecule has 0 saturated heterocycles. The number of hydrogen-bond acceptors (Lipinski definition) is 4. The van der Waals surface area contributed by atoms with Crippen molar-refractivity contribution in [2.45, 2.75) is 6.92 Å². The first-order valence-corrected chi connectivity index (χ1v) is 5.86. The van der Waals surface area contributed by atoms with Crippen LogP contribution in [0.3, 0.4) is 0 Å². The molecule has 0 amide bonds. The quantitative estimate of drug-likeness (QED) is 0.804. The van der Waals surface area contributed by atoms with Gasteiger partial charge >= 0.3 is 6.09 Å². The van der Waals surface area contributed by atoms with Crippen molar-refractivity contribution < 1.29 is 9.53 Å². The minimum atomic E-state index is -0.829. The van der Waals surface area contributed by atoms with Gasteiger partial charge in [0.15, 0.2) is 0 Å². The molecular weight excluding hydrogens is 268 g/mol. The van der Waals surface area contributed by atoms with E-state index in [4.69, 9.17) is 11.6 Å². The summed E-state index contributed by atoms with van der Waals surface area (Å²) >= 11 is 6.04. The first-order valence-electron chi connectivity index (χ1n) is 5.48. The van der Waals surface area contributed by atoms with Crippen LogP contribution < -0.4 is 5.56 Å². The van der Waals surface area contributed by atoms with E-state index >= 15 is 0 Å². The maximum absolute atomic E-state index is 11.5. The molecule has 19 heavy (non-hydrogen) atoms. The lowest BCUT2D eigenvalue weighted by Crippen LogP contribution is -2.29. The van der Waals surface area contributed by atoms with Crippen molar-refractivity contribution in [1.82, 2.24) is 9.78 Å². The van der Waals surface area contributed by atoms with Crippen molar-refractivity contribution >= 4 is 17.7 Å². The van der Waals surface area contributed by atoms with Gasteiger partial charge in [0.25, 0.3) is 5.56 Å². The fourth-order valence-electron chi connectivity index (χ4n) is 1.53. The minimum absolute atomic E-state index is 0.465. The van der Waals surface area contributed by atoms with E-state index in [0.717, 1.165) is 5.56 Å². The first kappa shape index (κ1) is 13.3. The van der Waals surface area contributed by atoms with Crippen LogP contribution in [-0.2, 0) is 4.74 Å². The van der Waals surface area contributed by atoms with E-state index in [1.807, 2.05) is 19.1 Å². The number of halogens is 1. The summed E-state index contributed by atoms with van der Waals surface area (Å²) in [6.07, 6.45) is -0.829. The van der Waals surface area contributed by atoms with Crippen molar-refractivity contribution in [2.75, 3.05) is 7.11 Å². The number of hydrogen-bond donors (Lipinski definition) is 0. The number of nitrogens with zero attached hydrogens (tertiary/aromatic N) is 2. The van der Waals surface area contributed by atoms with Crippen LogP contribution in [0.15, 0.2) is 35.1 Å². The van der Waals surface area contributed by atoms with Gasteiger partial charge in [-0.1, -0.05) is 23.7 Å². The van der Waals surface area contributed by atoms with E-state index in [9.17, 15) is 9.59 Å². The second kappa shape index (κ2) is 5.24. The molecule has 0 aliphatic heterocycles. The molecule has 6 heteroatoms. The molecule has 0 atom stereocenters. The van der Waals surface area contributed by atoms with Crippen molar-refractivity contribution in [2.24, 2.45) is 0 Å². The van der Waals surface area contributed by atoms with Crippen LogP contribution in [0.2, 0.25) is 5.02 Å². The topological polar surface area (TPSA) is 61.2 Å². The highest BCUT2D eigenvalue weighted by Gasteiger charge is 2.10. The summed E-state index contributed by atoms with van der Waals surface area (Å²) in [6, 6.07) is 8.17. The van der Waals surface area contributed by atoms with Crippen LogP contribution in [0.4, 0.5) is 4.79 Å². The van der Waals surface area contributed by atoms with E-state index in [0.29, 0.717) is 21.0 Å². The molecule has 98 valence electrons. The highest BCUT2D eigenvalue weighted by molar-refractivity contribution is 6.31. The molecule has 5 nitrogen and oxygen atoms in total. The molecule has 1 heterocycles.